The van der Waals surface area contributed by atoms with Gasteiger partial charge >= 0.3 is 0 Å². The van der Waals surface area contributed by atoms with Gasteiger partial charge < -0.3 is 24.8 Å². The summed E-state index contributed by atoms with van der Waals surface area (Å²) in [6, 6.07) is 11.3. The second-order valence-corrected chi connectivity index (χ2v) is 5.91. The van der Waals surface area contributed by atoms with E-state index in [0.29, 0.717) is 17.7 Å². The predicted octanol–water partition coefficient (Wildman–Crippen LogP) is 2.29. The lowest BCUT2D eigenvalue weighted by Gasteiger charge is -2.27. The molecule has 0 atom stereocenters. The second-order valence-electron chi connectivity index (χ2n) is 5.91. The maximum Gasteiger partial charge on any atom is 0.230 e. The van der Waals surface area contributed by atoms with Crippen molar-refractivity contribution >= 4 is 17.7 Å². The highest BCUT2D eigenvalue weighted by atomic mass is 16.5. The van der Waals surface area contributed by atoms with Crippen LogP contribution in [0.15, 0.2) is 47.1 Å². The van der Waals surface area contributed by atoms with Crippen LogP contribution in [0.5, 0.6) is 5.75 Å². The Labute approximate surface area is 151 Å². The molecular formula is C18H20N6O2. The molecule has 1 aliphatic rings. The number of hydrogen-bond acceptors (Lipinski definition) is 8. The van der Waals surface area contributed by atoms with Crippen molar-refractivity contribution in [3.8, 4) is 17.0 Å². The van der Waals surface area contributed by atoms with E-state index in [1.54, 1.807) is 19.4 Å². The third kappa shape index (κ3) is 3.60. The van der Waals surface area contributed by atoms with E-state index in [1.165, 1.54) is 0 Å². The van der Waals surface area contributed by atoms with Gasteiger partial charge in [-0.2, -0.15) is 4.98 Å². The van der Waals surface area contributed by atoms with Gasteiger partial charge in [0.15, 0.2) is 0 Å². The standard InChI is InChI=1S/C18H20N6O2/c1-25-14-4-2-13(3-5-14)15-12-17(26-23-15)21-16-6-7-20-18(22-16)24-10-8-19-9-11-24/h2-7,12,19H,8-11H2,1H3,(H,20,21,22). The third-order valence-electron chi connectivity index (χ3n) is 4.19. The van der Waals surface area contributed by atoms with Crippen LogP contribution in [0, 0.1) is 0 Å². The van der Waals surface area contributed by atoms with E-state index in [-0.39, 0.29) is 0 Å². The number of nitrogens with one attached hydrogen (secondary N) is 2. The van der Waals surface area contributed by atoms with Crippen LogP contribution in [0.3, 0.4) is 0 Å². The van der Waals surface area contributed by atoms with Crippen LogP contribution in [0.25, 0.3) is 11.3 Å². The summed E-state index contributed by atoms with van der Waals surface area (Å²) < 4.78 is 10.6. The van der Waals surface area contributed by atoms with E-state index in [1.807, 2.05) is 30.3 Å². The van der Waals surface area contributed by atoms with E-state index in [0.717, 1.165) is 43.2 Å². The molecule has 1 aliphatic heterocycles. The molecule has 1 aromatic carbocycles. The maximum absolute atomic E-state index is 5.39. The normalized spacial score (nSPS) is 14.3. The average molecular weight is 352 g/mol. The number of nitrogens with zero attached hydrogens (tertiary/aromatic N) is 4. The summed E-state index contributed by atoms with van der Waals surface area (Å²) in [5.74, 6) is 2.72. The summed E-state index contributed by atoms with van der Waals surface area (Å²) in [6.07, 6.45) is 1.74. The largest absolute Gasteiger partial charge is 0.497 e. The molecule has 2 aromatic heterocycles. The van der Waals surface area contributed by atoms with Gasteiger partial charge in [0.05, 0.1) is 7.11 Å². The topological polar surface area (TPSA) is 88.3 Å². The van der Waals surface area contributed by atoms with Crippen LogP contribution in [0.1, 0.15) is 0 Å². The summed E-state index contributed by atoms with van der Waals surface area (Å²) >= 11 is 0. The fourth-order valence-corrected chi connectivity index (χ4v) is 2.79. The highest BCUT2D eigenvalue weighted by Crippen LogP contribution is 2.25. The number of piperazine rings is 1. The van der Waals surface area contributed by atoms with Gasteiger partial charge in [0.25, 0.3) is 0 Å². The Kier molecular flexibility index (Phi) is 4.65. The third-order valence-corrected chi connectivity index (χ3v) is 4.19. The van der Waals surface area contributed by atoms with Crippen LogP contribution in [0.2, 0.25) is 0 Å². The summed E-state index contributed by atoms with van der Waals surface area (Å²) in [4.78, 5) is 11.1. The second kappa shape index (κ2) is 7.40. The summed E-state index contributed by atoms with van der Waals surface area (Å²) in [5.41, 5.74) is 1.69. The van der Waals surface area contributed by atoms with E-state index in [2.05, 4.69) is 30.7 Å². The van der Waals surface area contributed by atoms with Crippen molar-refractivity contribution in [2.24, 2.45) is 0 Å². The molecule has 8 nitrogen and oxygen atoms in total. The van der Waals surface area contributed by atoms with Gasteiger partial charge in [0.2, 0.25) is 11.8 Å². The maximum atomic E-state index is 5.39. The molecule has 0 amide bonds. The molecule has 1 saturated heterocycles. The minimum Gasteiger partial charge on any atom is -0.497 e. The molecule has 0 spiro atoms. The first-order valence-electron chi connectivity index (χ1n) is 8.49. The first kappa shape index (κ1) is 16.3. The molecule has 26 heavy (non-hydrogen) atoms. The lowest BCUT2D eigenvalue weighted by Crippen LogP contribution is -2.44. The number of ether oxygens (including phenoxy) is 1. The Morgan fingerprint density at radius 3 is 2.73 bits per heavy atom. The Morgan fingerprint density at radius 2 is 1.96 bits per heavy atom. The minimum absolute atomic E-state index is 0.528. The molecule has 0 unspecified atom stereocenters. The molecule has 2 N–H and O–H groups in total. The summed E-state index contributed by atoms with van der Waals surface area (Å²) in [7, 11) is 1.64. The lowest BCUT2D eigenvalue weighted by atomic mass is 10.1. The number of methoxy groups -OCH3 is 1. The van der Waals surface area contributed by atoms with E-state index < -0.39 is 0 Å². The zero-order chi connectivity index (χ0) is 17.8. The first-order valence-corrected chi connectivity index (χ1v) is 8.49. The fraction of sp³-hybridized carbons (Fsp3) is 0.278. The summed E-state index contributed by atoms with van der Waals surface area (Å²) in [5, 5.41) is 10.6. The van der Waals surface area contributed by atoms with Crippen molar-refractivity contribution in [3.05, 3.63) is 42.6 Å². The average Bonchev–Trinajstić information content (AvgIpc) is 3.17. The van der Waals surface area contributed by atoms with E-state index in [4.69, 9.17) is 9.26 Å². The van der Waals surface area contributed by atoms with Crippen molar-refractivity contribution < 1.29 is 9.26 Å². The van der Waals surface area contributed by atoms with Crippen molar-refractivity contribution in [3.63, 3.8) is 0 Å². The van der Waals surface area contributed by atoms with Gasteiger partial charge in [-0.25, -0.2) is 4.98 Å². The zero-order valence-electron chi connectivity index (χ0n) is 14.5. The van der Waals surface area contributed by atoms with Gasteiger partial charge in [-0.05, 0) is 30.3 Å². The molecule has 0 bridgehead atoms. The number of hydrogen-bond donors (Lipinski definition) is 2. The van der Waals surface area contributed by atoms with Gasteiger partial charge in [-0.3, -0.25) is 0 Å². The van der Waals surface area contributed by atoms with Crippen LogP contribution < -0.4 is 20.3 Å². The highest BCUT2D eigenvalue weighted by Gasteiger charge is 2.14. The molecule has 134 valence electrons. The molecule has 1 fully saturated rings. The van der Waals surface area contributed by atoms with Gasteiger partial charge in [0, 0.05) is 44.0 Å². The van der Waals surface area contributed by atoms with Crippen LogP contribution >= 0.6 is 0 Å². The van der Waals surface area contributed by atoms with Crippen LogP contribution in [0.4, 0.5) is 17.7 Å². The highest BCUT2D eigenvalue weighted by molar-refractivity contribution is 5.64. The molecule has 0 aliphatic carbocycles. The van der Waals surface area contributed by atoms with E-state index >= 15 is 0 Å². The van der Waals surface area contributed by atoms with Crippen molar-refractivity contribution in [1.29, 1.82) is 0 Å². The molecule has 8 heteroatoms. The van der Waals surface area contributed by atoms with E-state index in [9.17, 15) is 0 Å². The number of benzene rings is 1. The first-order chi connectivity index (χ1) is 12.8. The SMILES string of the molecule is COc1ccc(-c2cc(Nc3ccnc(N4CCNCC4)n3)on2)cc1. The zero-order valence-corrected chi connectivity index (χ0v) is 14.5. The van der Waals surface area contributed by atoms with Crippen molar-refractivity contribution in [2.45, 2.75) is 0 Å². The Bertz CT molecular complexity index is 858. The lowest BCUT2D eigenvalue weighted by molar-refractivity contribution is 0.415. The Balaban J connectivity index is 1.48. The van der Waals surface area contributed by atoms with Crippen LogP contribution in [-0.4, -0.2) is 48.4 Å². The molecular weight excluding hydrogens is 332 g/mol. The smallest absolute Gasteiger partial charge is 0.230 e. The minimum atomic E-state index is 0.528. The van der Waals surface area contributed by atoms with Gasteiger partial charge in [0.1, 0.15) is 17.3 Å². The molecule has 3 heterocycles. The number of anilines is 3. The quantitative estimate of drug-likeness (QED) is 0.723. The molecule has 4 rings (SSSR count). The van der Waals surface area contributed by atoms with Crippen molar-refractivity contribution in [2.75, 3.05) is 43.5 Å². The monoisotopic (exact) mass is 352 g/mol. The molecule has 0 radical (unpaired) electrons. The predicted molar refractivity (Wildman–Crippen MR) is 98.9 cm³/mol. The fourth-order valence-electron chi connectivity index (χ4n) is 2.79. The molecule has 3 aromatic rings. The van der Waals surface area contributed by atoms with Crippen molar-refractivity contribution in [1.82, 2.24) is 20.4 Å². The van der Waals surface area contributed by atoms with Crippen LogP contribution in [-0.2, 0) is 0 Å². The number of rotatable bonds is 5. The summed E-state index contributed by atoms with van der Waals surface area (Å²) in [6.45, 7) is 3.67. The Hall–Kier alpha value is -3.13. The Morgan fingerprint density at radius 1 is 1.15 bits per heavy atom. The van der Waals surface area contributed by atoms with Gasteiger partial charge in [-0.15, -0.1) is 0 Å². The molecule has 0 saturated carbocycles. The number of aromatic nitrogens is 3. The van der Waals surface area contributed by atoms with Gasteiger partial charge in [-0.1, -0.05) is 5.16 Å².